The van der Waals surface area contributed by atoms with Gasteiger partial charge in [0.2, 0.25) is 0 Å². The van der Waals surface area contributed by atoms with Crippen LogP contribution >= 0.6 is 0 Å². The van der Waals surface area contributed by atoms with Crippen LogP contribution in [0.15, 0.2) is 54.6 Å². The van der Waals surface area contributed by atoms with Gasteiger partial charge in [0, 0.05) is 11.1 Å². The highest BCUT2D eigenvalue weighted by molar-refractivity contribution is 5.27. The Bertz CT molecular complexity index is 526. The highest BCUT2D eigenvalue weighted by Crippen LogP contribution is 2.18. The molecule has 0 saturated heterocycles. The van der Waals surface area contributed by atoms with Gasteiger partial charge in [-0.2, -0.15) is 0 Å². The van der Waals surface area contributed by atoms with Gasteiger partial charge in [0.05, 0.1) is 21.2 Å². The van der Waals surface area contributed by atoms with Gasteiger partial charge < -0.3 is 26.2 Å². The van der Waals surface area contributed by atoms with Gasteiger partial charge in [-0.3, -0.25) is 0 Å². The summed E-state index contributed by atoms with van der Waals surface area (Å²) in [4.78, 5) is 0. The highest BCUT2D eigenvalue weighted by Gasteiger charge is 2.16. The minimum atomic E-state index is 0. The van der Waals surface area contributed by atoms with Crippen molar-refractivity contribution in [3.8, 4) is 5.75 Å². The lowest BCUT2D eigenvalue weighted by molar-refractivity contribution is -0.916. The van der Waals surface area contributed by atoms with E-state index in [-0.39, 0.29) is 17.0 Å². The van der Waals surface area contributed by atoms with Crippen LogP contribution in [0.1, 0.15) is 11.1 Å². The number of methoxy groups -OCH3 is 1. The van der Waals surface area contributed by atoms with E-state index in [0.29, 0.717) is 0 Å². The first kappa shape index (κ1) is 16.7. The molecule has 2 aromatic rings. The third kappa shape index (κ3) is 4.99. The molecule has 0 heterocycles. The number of ether oxygens (including phenoxy) is 1. The number of quaternary nitrogens is 1. The van der Waals surface area contributed by atoms with Crippen LogP contribution < -0.4 is 21.7 Å². The lowest BCUT2D eigenvalue weighted by atomic mass is 10.1. The molecule has 2 rings (SSSR count). The highest BCUT2D eigenvalue weighted by atomic mass is 79.9. The standard InChI is InChI=1S/C17H22NO.BrH/c1-18(2,13-15-8-5-4-6-9-15)14-16-10-7-11-17(12-16)19-3;/h4-12H,13-14H2,1-3H3;1H/q+1;/p-1. The zero-order valence-corrected chi connectivity index (χ0v) is 13.9. The Kier molecular flexibility index (Phi) is 6.24. The van der Waals surface area contributed by atoms with Crippen molar-refractivity contribution < 1.29 is 26.2 Å². The number of hydrogen-bond donors (Lipinski definition) is 0. The largest absolute Gasteiger partial charge is 1.00 e. The Labute approximate surface area is 132 Å². The van der Waals surface area contributed by atoms with Gasteiger partial charge in [0.1, 0.15) is 18.8 Å². The quantitative estimate of drug-likeness (QED) is 0.722. The van der Waals surface area contributed by atoms with E-state index in [4.69, 9.17) is 4.74 Å². The molecule has 3 heteroatoms. The molecule has 0 aliphatic heterocycles. The predicted molar refractivity (Wildman–Crippen MR) is 79.0 cm³/mol. The maximum atomic E-state index is 5.28. The van der Waals surface area contributed by atoms with Crippen LogP contribution in [0.25, 0.3) is 0 Å². The Balaban J connectivity index is 0.00000200. The summed E-state index contributed by atoms with van der Waals surface area (Å²) in [5.74, 6) is 0.928. The van der Waals surface area contributed by atoms with Crippen LogP contribution in [0.3, 0.4) is 0 Å². The number of hydrogen-bond acceptors (Lipinski definition) is 1. The van der Waals surface area contributed by atoms with E-state index in [2.05, 4.69) is 62.6 Å². The molecule has 0 aliphatic carbocycles. The first-order valence-electron chi connectivity index (χ1n) is 6.58. The van der Waals surface area contributed by atoms with Gasteiger partial charge in [-0.15, -0.1) is 0 Å². The molecule has 0 fully saturated rings. The van der Waals surface area contributed by atoms with E-state index in [1.807, 2.05) is 6.07 Å². The molecule has 0 aromatic heterocycles. The summed E-state index contributed by atoms with van der Waals surface area (Å²) in [6.07, 6.45) is 0. The molecule has 0 saturated carbocycles. The van der Waals surface area contributed by atoms with Crippen LogP contribution in [0.2, 0.25) is 0 Å². The zero-order chi connectivity index (χ0) is 13.7. The molecule has 0 unspecified atom stereocenters. The lowest BCUT2D eigenvalue weighted by Crippen LogP contribution is -3.00. The number of rotatable bonds is 5. The Morgan fingerprint density at radius 3 is 2.10 bits per heavy atom. The fraction of sp³-hybridized carbons (Fsp3) is 0.294. The van der Waals surface area contributed by atoms with Crippen LogP contribution in [0.5, 0.6) is 5.75 Å². The second-order valence-corrected chi connectivity index (χ2v) is 5.59. The fourth-order valence-corrected chi connectivity index (χ4v) is 2.40. The lowest BCUT2D eigenvalue weighted by Gasteiger charge is -2.30. The zero-order valence-electron chi connectivity index (χ0n) is 12.3. The molecule has 2 nitrogen and oxygen atoms in total. The smallest absolute Gasteiger partial charge is 0.119 e. The van der Waals surface area contributed by atoms with Gasteiger partial charge in [-0.25, -0.2) is 0 Å². The summed E-state index contributed by atoms with van der Waals surface area (Å²) < 4.78 is 6.21. The summed E-state index contributed by atoms with van der Waals surface area (Å²) in [6.45, 7) is 2.02. The van der Waals surface area contributed by atoms with E-state index in [9.17, 15) is 0 Å². The van der Waals surface area contributed by atoms with Gasteiger partial charge >= 0.3 is 0 Å². The summed E-state index contributed by atoms with van der Waals surface area (Å²) in [5.41, 5.74) is 2.68. The van der Waals surface area contributed by atoms with Crippen molar-refractivity contribution in [2.24, 2.45) is 0 Å². The van der Waals surface area contributed by atoms with Gasteiger partial charge in [-0.05, 0) is 12.1 Å². The van der Waals surface area contributed by atoms with E-state index in [1.54, 1.807) is 7.11 Å². The predicted octanol–water partition coefficient (Wildman–Crippen LogP) is 0.476. The normalized spacial score (nSPS) is 10.8. The molecule has 0 N–H and O–H groups in total. The topological polar surface area (TPSA) is 9.23 Å². The van der Waals surface area contributed by atoms with E-state index in [0.717, 1.165) is 23.3 Å². The summed E-state index contributed by atoms with van der Waals surface area (Å²) >= 11 is 0. The van der Waals surface area contributed by atoms with Crippen LogP contribution in [-0.4, -0.2) is 25.7 Å². The molecule has 108 valence electrons. The molecular weight excluding hydrogens is 314 g/mol. The van der Waals surface area contributed by atoms with Crippen molar-refractivity contribution in [3.05, 3.63) is 65.7 Å². The summed E-state index contributed by atoms with van der Waals surface area (Å²) in [6, 6.07) is 18.9. The molecule has 20 heavy (non-hydrogen) atoms. The second-order valence-electron chi connectivity index (χ2n) is 5.59. The maximum absolute atomic E-state index is 5.28. The van der Waals surface area contributed by atoms with Crippen molar-refractivity contribution in [1.82, 2.24) is 0 Å². The van der Waals surface area contributed by atoms with Crippen molar-refractivity contribution in [2.75, 3.05) is 21.2 Å². The number of nitrogens with zero attached hydrogens (tertiary/aromatic N) is 1. The minimum absolute atomic E-state index is 0. The average molecular weight is 336 g/mol. The molecule has 0 amide bonds. The Morgan fingerprint density at radius 2 is 1.45 bits per heavy atom. The maximum Gasteiger partial charge on any atom is 0.119 e. The van der Waals surface area contributed by atoms with Gasteiger partial charge in [-0.1, -0.05) is 42.5 Å². The van der Waals surface area contributed by atoms with Gasteiger partial charge in [0.25, 0.3) is 0 Å². The number of benzene rings is 2. The third-order valence-corrected chi connectivity index (χ3v) is 3.20. The molecule has 0 aliphatic rings. The van der Waals surface area contributed by atoms with E-state index >= 15 is 0 Å². The first-order valence-corrected chi connectivity index (χ1v) is 6.58. The molecular formula is C17H22BrNO. The molecule has 0 atom stereocenters. The average Bonchev–Trinajstić information content (AvgIpc) is 2.39. The van der Waals surface area contributed by atoms with Crippen molar-refractivity contribution >= 4 is 0 Å². The Morgan fingerprint density at radius 1 is 0.850 bits per heavy atom. The molecule has 2 aromatic carbocycles. The van der Waals surface area contributed by atoms with Crippen molar-refractivity contribution in [3.63, 3.8) is 0 Å². The van der Waals surface area contributed by atoms with Crippen molar-refractivity contribution in [2.45, 2.75) is 13.1 Å². The Hall–Kier alpha value is -1.32. The van der Waals surface area contributed by atoms with E-state index in [1.165, 1.54) is 11.1 Å². The molecule has 0 spiro atoms. The summed E-state index contributed by atoms with van der Waals surface area (Å²) in [5, 5.41) is 0. The van der Waals surface area contributed by atoms with Crippen LogP contribution in [0.4, 0.5) is 0 Å². The van der Waals surface area contributed by atoms with Crippen molar-refractivity contribution in [1.29, 1.82) is 0 Å². The number of halogens is 1. The first-order chi connectivity index (χ1) is 9.09. The molecule has 0 radical (unpaired) electrons. The van der Waals surface area contributed by atoms with Gasteiger partial charge in [0.15, 0.2) is 0 Å². The minimum Gasteiger partial charge on any atom is -1.00 e. The van der Waals surface area contributed by atoms with E-state index < -0.39 is 0 Å². The second kappa shape index (κ2) is 7.46. The van der Waals surface area contributed by atoms with Crippen LogP contribution in [-0.2, 0) is 13.1 Å². The fourth-order valence-electron chi connectivity index (χ4n) is 2.40. The van der Waals surface area contributed by atoms with Crippen LogP contribution in [0, 0.1) is 0 Å². The third-order valence-electron chi connectivity index (χ3n) is 3.20. The summed E-state index contributed by atoms with van der Waals surface area (Å²) in [7, 11) is 6.22. The monoisotopic (exact) mass is 335 g/mol. The molecule has 0 bridgehead atoms. The SMILES string of the molecule is COc1cccc(C[N+](C)(C)Cc2ccccc2)c1.[Br-].